The molecule has 7 nitrogen and oxygen atoms in total. The molecule has 1 saturated heterocycles. The summed E-state index contributed by atoms with van der Waals surface area (Å²) in [5, 5.41) is 3.05. The van der Waals surface area contributed by atoms with Crippen LogP contribution in [0.15, 0.2) is 108 Å². The number of carbonyl (C=O) groups excluding carboxylic acids is 1. The first-order chi connectivity index (χ1) is 20.0. The maximum absolute atomic E-state index is 14.0. The highest BCUT2D eigenvalue weighted by Crippen LogP contribution is 2.30. The summed E-state index contributed by atoms with van der Waals surface area (Å²) >= 11 is 0. The molecule has 8 heteroatoms. The van der Waals surface area contributed by atoms with E-state index in [-0.39, 0.29) is 22.9 Å². The fraction of sp³-hybridized carbons (Fsp3) is 0.242. The lowest BCUT2D eigenvalue weighted by Gasteiger charge is -2.27. The number of nitrogens with zero attached hydrogens (tertiary/aromatic N) is 2. The van der Waals surface area contributed by atoms with Crippen LogP contribution in [0.5, 0.6) is 5.75 Å². The number of sulfonamides is 1. The fourth-order valence-corrected chi connectivity index (χ4v) is 6.62. The largest absolute Gasteiger partial charge is 0.497 e. The van der Waals surface area contributed by atoms with Gasteiger partial charge in [-0.25, -0.2) is 8.42 Å². The third-order valence-electron chi connectivity index (χ3n) is 7.38. The molecule has 4 aromatic rings. The summed E-state index contributed by atoms with van der Waals surface area (Å²) < 4.78 is 34.6. The van der Waals surface area contributed by atoms with Crippen molar-refractivity contribution in [3.8, 4) is 5.75 Å². The molecule has 0 saturated carbocycles. The Balaban J connectivity index is 1.44. The molecule has 4 aromatic carbocycles. The van der Waals surface area contributed by atoms with Gasteiger partial charge in [-0.05, 0) is 79.0 Å². The molecule has 1 aliphatic heterocycles. The second kappa shape index (κ2) is 13.0. The van der Waals surface area contributed by atoms with Crippen LogP contribution in [-0.4, -0.2) is 39.4 Å². The highest BCUT2D eigenvalue weighted by Gasteiger charge is 2.29. The summed E-state index contributed by atoms with van der Waals surface area (Å²) in [7, 11) is -2.50. The van der Waals surface area contributed by atoms with Crippen LogP contribution in [-0.2, 0) is 29.7 Å². The summed E-state index contributed by atoms with van der Waals surface area (Å²) in [6.07, 6.45) is 2.43. The lowest BCUT2D eigenvalue weighted by molar-refractivity contribution is 0.0951. The number of hydrogen-bond donors (Lipinski definition) is 1. The first-order valence-corrected chi connectivity index (χ1v) is 15.3. The van der Waals surface area contributed by atoms with Crippen molar-refractivity contribution in [3.05, 3.63) is 125 Å². The van der Waals surface area contributed by atoms with Crippen LogP contribution in [0, 0.1) is 0 Å². The van der Waals surface area contributed by atoms with Crippen molar-refractivity contribution in [3.63, 3.8) is 0 Å². The van der Waals surface area contributed by atoms with Crippen LogP contribution in [0.3, 0.4) is 0 Å². The van der Waals surface area contributed by atoms with E-state index in [9.17, 15) is 13.2 Å². The molecular formula is C33H35N3O4S. The molecule has 1 N–H and O–H groups in total. The number of likely N-dealkylation sites (tertiary alicyclic amines) is 1. The van der Waals surface area contributed by atoms with Crippen LogP contribution in [0.4, 0.5) is 5.69 Å². The zero-order chi connectivity index (χ0) is 28.7. The molecule has 41 heavy (non-hydrogen) atoms. The maximum atomic E-state index is 14.0. The van der Waals surface area contributed by atoms with E-state index in [2.05, 4.69) is 16.3 Å². The Bertz CT molecular complexity index is 1570. The number of rotatable bonds is 11. The minimum atomic E-state index is -4.03. The highest BCUT2D eigenvalue weighted by atomic mass is 32.2. The summed E-state index contributed by atoms with van der Waals surface area (Å²) in [6.45, 7) is 3.45. The van der Waals surface area contributed by atoms with Crippen molar-refractivity contribution in [2.75, 3.05) is 24.5 Å². The number of methoxy groups -OCH3 is 1. The van der Waals surface area contributed by atoms with Gasteiger partial charge in [0.2, 0.25) is 0 Å². The topological polar surface area (TPSA) is 79.0 Å². The molecule has 0 aliphatic carbocycles. The van der Waals surface area contributed by atoms with Crippen molar-refractivity contribution in [2.45, 2.75) is 37.4 Å². The number of ether oxygens (including phenoxy) is 1. The zero-order valence-corrected chi connectivity index (χ0v) is 24.0. The second-order valence-electron chi connectivity index (χ2n) is 10.1. The third kappa shape index (κ3) is 6.78. The Morgan fingerprint density at radius 1 is 0.829 bits per heavy atom. The van der Waals surface area contributed by atoms with Crippen LogP contribution in [0.1, 0.15) is 39.9 Å². The average molecular weight is 570 g/mol. The van der Waals surface area contributed by atoms with Crippen molar-refractivity contribution in [1.82, 2.24) is 10.2 Å². The van der Waals surface area contributed by atoms with Crippen molar-refractivity contribution in [1.29, 1.82) is 0 Å². The third-order valence-corrected chi connectivity index (χ3v) is 9.16. The van der Waals surface area contributed by atoms with Gasteiger partial charge in [0.05, 0.1) is 29.8 Å². The van der Waals surface area contributed by atoms with Gasteiger partial charge in [-0.15, -0.1) is 0 Å². The highest BCUT2D eigenvalue weighted by molar-refractivity contribution is 7.92. The molecule has 0 radical (unpaired) electrons. The van der Waals surface area contributed by atoms with E-state index >= 15 is 0 Å². The number of para-hydroxylation sites is 1. The molecule has 5 rings (SSSR count). The van der Waals surface area contributed by atoms with Crippen molar-refractivity contribution in [2.24, 2.45) is 0 Å². The zero-order valence-electron chi connectivity index (χ0n) is 23.2. The van der Waals surface area contributed by atoms with Crippen molar-refractivity contribution < 1.29 is 17.9 Å². The lowest BCUT2D eigenvalue weighted by atomic mass is 10.1. The number of anilines is 1. The Morgan fingerprint density at radius 3 is 2.17 bits per heavy atom. The Hall–Kier alpha value is -4.14. The van der Waals surface area contributed by atoms with Gasteiger partial charge < -0.3 is 10.1 Å². The SMILES string of the molecule is COc1ccc(S(=O)(=O)N(Cc2ccccc2)c2ccccc2C(=O)NCc2ccccc2CN2CCCC2)cc1. The lowest BCUT2D eigenvalue weighted by Crippen LogP contribution is -2.33. The maximum Gasteiger partial charge on any atom is 0.264 e. The normalized spacial score (nSPS) is 13.6. The van der Waals surface area contributed by atoms with Gasteiger partial charge in [0.15, 0.2) is 0 Å². The van der Waals surface area contributed by atoms with Crippen molar-refractivity contribution >= 4 is 21.6 Å². The summed E-state index contributed by atoms with van der Waals surface area (Å²) in [5.74, 6) is 0.225. The number of carbonyl (C=O) groups is 1. The van der Waals surface area contributed by atoms with Crippen LogP contribution in [0.25, 0.3) is 0 Å². The first-order valence-electron chi connectivity index (χ1n) is 13.8. The molecule has 1 heterocycles. The monoisotopic (exact) mass is 569 g/mol. The molecule has 0 spiro atoms. The molecule has 1 amide bonds. The molecule has 212 valence electrons. The molecule has 0 bridgehead atoms. The van der Waals surface area contributed by atoms with E-state index in [1.54, 1.807) is 36.4 Å². The first kappa shape index (κ1) is 28.4. The van der Waals surface area contributed by atoms with Crippen LogP contribution < -0.4 is 14.4 Å². The number of amides is 1. The van der Waals surface area contributed by atoms with E-state index in [1.807, 2.05) is 48.5 Å². The van der Waals surface area contributed by atoms with Crippen LogP contribution in [0.2, 0.25) is 0 Å². The Kier molecular flexibility index (Phi) is 9.01. The van der Waals surface area contributed by atoms with Gasteiger partial charge in [-0.3, -0.25) is 14.0 Å². The van der Waals surface area contributed by atoms with Gasteiger partial charge in [0, 0.05) is 13.1 Å². The van der Waals surface area contributed by atoms with Crippen LogP contribution >= 0.6 is 0 Å². The molecule has 0 atom stereocenters. The smallest absolute Gasteiger partial charge is 0.264 e. The predicted molar refractivity (Wildman–Crippen MR) is 161 cm³/mol. The summed E-state index contributed by atoms with van der Waals surface area (Å²) in [6, 6.07) is 30.6. The van der Waals surface area contributed by atoms with Gasteiger partial charge in [0.1, 0.15) is 5.75 Å². The minimum Gasteiger partial charge on any atom is -0.497 e. The number of hydrogen-bond acceptors (Lipinski definition) is 5. The van der Waals surface area contributed by atoms with Gasteiger partial charge in [0.25, 0.3) is 15.9 Å². The molecule has 1 fully saturated rings. The van der Waals surface area contributed by atoms with Gasteiger partial charge in [-0.2, -0.15) is 0 Å². The molecule has 0 aromatic heterocycles. The summed E-state index contributed by atoms with van der Waals surface area (Å²) in [5.41, 5.74) is 3.65. The molecular weight excluding hydrogens is 534 g/mol. The quantitative estimate of drug-likeness (QED) is 0.254. The second-order valence-corrected chi connectivity index (χ2v) is 12.0. The van der Waals surface area contributed by atoms with Gasteiger partial charge >= 0.3 is 0 Å². The van der Waals surface area contributed by atoms with Gasteiger partial charge in [-0.1, -0.05) is 66.7 Å². The Morgan fingerprint density at radius 2 is 1.46 bits per heavy atom. The fourth-order valence-electron chi connectivity index (χ4n) is 5.14. The molecule has 0 unspecified atom stereocenters. The van der Waals surface area contributed by atoms with E-state index in [4.69, 9.17) is 4.74 Å². The number of benzene rings is 4. The minimum absolute atomic E-state index is 0.0676. The molecule has 1 aliphatic rings. The van der Waals surface area contributed by atoms with E-state index in [1.165, 1.54) is 42.0 Å². The average Bonchev–Trinajstić information content (AvgIpc) is 3.53. The number of nitrogens with one attached hydrogen (secondary N) is 1. The predicted octanol–water partition coefficient (Wildman–Crippen LogP) is 5.62. The summed E-state index contributed by atoms with van der Waals surface area (Å²) in [4.78, 5) is 16.2. The van der Waals surface area contributed by atoms with E-state index in [0.29, 0.717) is 18.0 Å². The van der Waals surface area contributed by atoms with E-state index < -0.39 is 10.0 Å². The standard InChI is InChI=1S/C33H35N3O4S/c1-40-29-17-19-30(20-18-29)41(38,39)36(24-26-11-3-2-4-12-26)32-16-8-7-15-31(32)33(37)34-23-27-13-5-6-14-28(27)25-35-21-9-10-22-35/h2-8,11-20H,9-10,21-25H2,1H3,(H,34,37). The Labute approximate surface area is 242 Å². The van der Waals surface area contributed by atoms with E-state index in [0.717, 1.165) is 30.8 Å².